The van der Waals surface area contributed by atoms with E-state index in [4.69, 9.17) is 4.42 Å². The zero-order chi connectivity index (χ0) is 14.1. The summed E-state index contributed by atoms with van der Waals surface area (Å²) < 4.78 is 6.56. The molecule has 3 aromatic rings. The fourth-order valence-electron chi connectivity index (χ4n) is 1.77. The third kappa shape index (κ3) is 2.39. The van der Waals surface area contributed by atoms with Gasteiger partial charge in [0.1, 0.15) is 0 Å². The smallest absolute Gasteiger partial charge is 0.358 e. The molecule has 0 spiro atoms. The van der Waals surface area contributed by atoms with Crippen molar-refractivity contribution >= 4 is 33.2 Å². The van der Waals surface area contributed by atoms with E-state index in [1.165, 1.54) is 11.3 Å². The van der Waals surface area contributed by atoms with Gasteiger partial charge in [-0.1, -0.05) is 34.1 Å². The quantitative estimate of drug-likeness (QED) is 0.754. The van der Waals surface area contributed by atoms with E-state index in [-0.39, 0.29) is 11.5 Å². The molecule has 0 aliphatic carbocycles. The lowest BCUT2D eigenvalue weighted by molar-refractivity contribution is 0.0691. The molecule has 100 valence electrons. The van der Waals surface area contributed by atoms with Crippen molar-refractivity contribution in [3.63, 3.8) is 0 Å². The molecule has 0 atom stereocenters. The molecule has 3 rings (SSSR count). The Hall–Kier alpha value is -1.92. The Bertz CT molecular complexity index is 747. The van der Waals surface area contributed by atoms with Crippen LogP contribution in [0.5, 0.6) is 0 Å². The molecule has 0 bridgehead atoms. The summed E-state index contributed by atoms with van der Waals surface area (Å²) in [6.07, 6.45) is 0. The number of aromatic nitrogens is 1. The monoisotopic (exact) mass is 349 g/mol. The first-order chi connectivity index (χ1) is 9.65. The lowest BCUT2D eigenvalue weighted by atomic mass is 10.1. The molecule has 0 radical (unpaired) electrons. The van der Waals surface area contributed by atoms with Crippen LogP contribution in [-0.4, -0.2) is 16.1 Å². The van der Waals surface area contributed by atoms with Gasteiger partial charge in [0.05, 0.1) is 4.88 Å². The number of oxazole rings is 1. The van der Waals surface area contributed by atoms with Gasteiger partial charge in [0.2, 0.25) is 5.89 Å². The van der Waals surface area contributed by atoms with E-state index in [9.17, 15) is 9.90 Å². The first kappa shape index (κ1) is 13.1. The molecule has 6 heteroatoms. The highest BCUT2D eigenvalue weighted by Gasteiger charge is 2.21. The third-order valence-electron chi connectivity index (χ3n) is 2.67. The number of carboxylic acids is 1. The Kier molecular flexibility index (Phi) is 3.42. The molecule has 0 amide bonds. The molecule has 0 unspecified atom stereocenters. The summed E-state index contributed by atoms with van der Waals surface area (Å²) in [6, 6.07) is 10.9. The zero-order valence-corrected chi connectivity index (χ0v) is 12.4. The summed E-state index contributed by atoms with van der Waals surface area (Å²) in [6.45, 7) is 0. The molecule has 0 fully saturated rings. The van der Waals surface area contributed by atoms with Crippen molar-refractivity contribution in [2.45, 2.75) is 0 Å². The van der Waals surface area contributed by atoms with E-state index in [1.54, 1.807) is 12.1 Å². The molecule has 2 aromatic heterocycles. The molecule has 0 aliphatic heterocycles. The van der Waals surface area contributed by atoms with Crippen LogP contribution in [0.1, 0.15) is 10.5 Å². The summed E-state index contributed by atoms with van der Waals surface area (Å²) in [4.78, 5) is 16.2. The molecule has 1 aromatic carbocycles. The molecule has 2 heterocycles. The minimum Gasteiger partial charge on any atom is -0.476 e. The summed E-state index contributed by atoms with van der Waals surface area (Å²) in [5.41, 5.74) is 0.608. The normalized spacial score (nSPS) is 10.7. The van der Waals surface area contributed by atoms with Gasteiger partial charge in [-0.05, 0) is 23.6 Å². The molecule has 0 saturated heterocycles. The number of nitrogens with zero attached hydrogens (tertiary/aromatic N) is 1. The van der Waals surface area contributed by atoms with Crippen LogP contribution >= 0.6 is 27.3 Å². The minimum absolute atomic E-state index is 0.0734. The molecule has 0 aliphatic rings. The molecule has 1 N–H and O–H groups in total. The summed E-state index contributed by atoms with van der Waals surface area (Å²) in [5.74, 6) is -0.502. The molecular weight excluding hydrogens is 342 g/mol. The lowest BCUT2D eigenvalue weighted by Crippen LogP contribution is -1.98. The van der Waals surface area contributed by atoms with Crippen LogP contribution in [0.4, 0.5) is 0 Å². The van der Waals surface area contributed by atoms with Gasteiger partial charge in [-0.2, -0.15) is 0 Å². The van der Waals surface area contributed by atoms with Crippen molar-refractivity contribution in [2.75, 3.05) is 0 Å². The van der Waals surface area contributed by atoms with Crippen molar-refractivity contribution < 1.29 is 14.3 Å². The summed E-state index contributed by atoms with van der Waals surface area (Å²) in [5, 5.41) is 11.2. The number of hydrogen-bond donors (Lipinski definition) is 1. The van der Waals surface area contributed by atoms with Crippen LogP contribution in [-0.2, 0) is 0 Å². The maximum Gasteiger partial charge on any atom is 0.358 e. The van der Waals surface area contributed by atoms with Crippen molar-refractivity contribution in [3.8, 4) is 22.1 Å². The van der Waals surface area contributed by atoms with Crippen molar-refractivity contribution in [1.82, 2.24) is 4.98 Å². The number of benzene rings is 1. The number of hydrogen-bond acceptors (Lipinski definition) is 4. The van der Waals surface area contributed by atoms with Crippen LogP contribution in [0.25, 0.3) is 22.1 Å². The minimum atomic E-state index is -1.10. The van der Waals surface area contributed by atoms with E-state index in [0.29, 0.717) is 11.5 Å². The van der Waals surface area contributed by atoms with Crippen LogP contribution in [0.2, 0.25) is 0 Å². The average molecular weight is 350 g/mol. The lowest BCUT2D eigenvalue weighted by Gasteiger charge is -1.98. The van der Waals surface area contributed by atoms with Gasteiger partial charge >= 0.3 is 5.97 Å². The Labute approximate surface area is 126 Å². The maximum atomic E-state index is 11.3. The molecule has 0 saturated carbocycles. The second-order valence-corrected chi connectivity index (χ2v) is 5.85. The molecular formula is C14H8BrNO3S. The Morgan fingerprint density at radius 1 is 1.25 bits per heavy atom. The van der Waals surface area contributed by atoms with Crippen molar-refractivity contribution in [2.24, 2.45) is 0 Å². The standard InChI is InChI=1S/C14H8BrNO3S/c15-9-5-3-8(4-6-9)12-11(14(17)18)16-13(19-12)10-2-1-7-20-10/h1-7H,(H,17,18). The first-order valence-corrected chi connectivity index (χ1v) is 7.36. The van der Waals surface area contributed by atoms with E-state index < -0.39 is 5.97 Å². The number of rotatable bonds is 3. The van der Waals surface area contributed by atoms with Crippen LogP contribution in [0.3, 0.4) is 0 Å². The van der Waals surface area contributed by atoms with Gasteiger partial charge in [0, 0.05) is 10.0 Å². The Morgan fingerprint density at radius 2 is 2.00 bits per heavy atom. The second-order valence-electron chi connectivity index (χ2n) is 3.99. The summed E-state index contributed by atoms with van der Waals surface area (Å²) in [7, 11) is 0. The van der Waals surface area contributed by atoms with E-state index >= 15 is 0 Å². The molecule has 4 nitrogen and oxygen atoms in total. The SMILES string of the molecule is O=C(O)c1nc(-c2cccs2)oc1-c1ccc(Br)cc1. The largest absolute Gasteiger partial charge is 0.476 e. The maximum absolute atomic E-state index is 11.3. The van der Waals surface area contributed by atoms with Gasteiger partial charge in [-0.3, -0.25) is 0 Å². The fraction of sp³-hybridized carbons (Fsp3) is 0. The number of thiophene rings is 1. The topological polar surface area (TPSA) is 63.3 Å². The highest BCUT2D eigenvalue weighted by atomic mass is 79.9. The number of carbonyl (C=O) groups is 1. The second kappa shape index (κ2) is 5.22. The predicted octanol–water partition coefficient (Wildman–Crippen LogP) is 4.53. The molecule has 20 heavy (non-hydrogen) atoms. The third-order valence-corrected chi connectivity index (χ3v) is 4.05. The Balaban J connectivity index is 2.14. The Morgan fingerprint density at radius 3 is 2.60 bits per heavy atom. The van der Waals surface area contributed by atoms with E-state index in [2.05, 4.69) is 20.9 Å². The van der Waals surface area contributed by atoms with E-state index in [1.807, 2.05) is 29.6 Å². The van der Waals surface area contributed by atoms with Gasteiger partial charge in [-0.25, -0.2) is 9.78 Å². The average Bonchev–Trinajstić information content (AvgIpc) is 3.08. The van der Waals surface area contributed by atoms with Crippen LogP contribution in [0.15, 0.2) is 50.7 Å². The van der Waals surface area contributed by atoms with Gasteiger partial charge < -0.3 is 9.52 Å². The van der Waals surface area contributed by atoms with Crippen molar-refractivity contribution in [1.29, 1.82) is 0 Å². The van der Waals surface area contributed by atoms with Gasteiger partial charge in [-0.15, -0.1) is 11.3 Å². The number of aromatic carboxylic acids is 1. The van der Waals surface area contributed by atoms with Gasteiger partial charge in [0.15, 0.2) is 11.5 Å². The number of carboxylic acid groups (broad SMARTS) is 1. The van der Waals surface area contributed by atoms with Gasteiger partial charge in [0.25, 0.3) is 0 Å². The summed E-state index contributed by atoms with van der Waals surface area (Å²) >= 11 is 4.79. The highest BCUT2D eigenvalue weighted by Crippen LogP contribution is 2.32. The predicted molar refractivity (Wildman–Crippen MR) is 79.9 cm³/mol. The number of halogens is 1. The van der Waals surface area contributed by atoms with E-state index in [0.717, 1.165) is 9.35 Å². The van der Waals surface area contributed by atoms with Crippen molar-refractivity contribution in [3.05, 3.63) is 51.9 Å². The first-order valence-electron chi connectivity index (χ1n) is 5.69. The van der Waals surface area contributed by atoms with Crippen LogP contribution < -0.4 is 0 Å². The zero-order valence-electron chi connectivity index (χ0n) is 10.0. The van der Waals surface area contributed by atoms with Crippen LogP contribution in [0, 0.1) is 0 Å². The highest BCUT2D eigenvalue weighted by molar-refractivity contribution is 9.10. The fourth-order valence-corrected chi connectivity index (χ4v) is 2.68.